The Morgan fingerprint density at radius 1 is 1.17 bits per heavy atom. The first-order valence-corrected chi connectivity index (χ1v) is 8.82. The molecule has 146 valence electrons. The smallest absolute Gasteiger partial charge is 0.263 e. The van der Waals surface area contributed by atoms with Gasteiger partial charge in [-0.15, -0.1) is 10.2 Å². The lowest BCUT2D eigenvalue weighted by Gasteiger charge is -2.15. The largest absolute Gasteiger partial charge is 0.474 e. The highest BCUT2D eigenvalue weighted by molar-refractivity contribution is 5.88. The van der Waals surface area contributed by atoms with Crippen molar-refractivity contribution in [2.45, 2.75) is 13.0 Å². The summed E-state index contributed by atoms with van der Waals surface area (Å²) in [5.74, 6) is 0.295. The lowest BCUT2D eigenvalue weighted by molar-refractivity contribution is 0.160. The molecule has 9 heteroatoms. The molecule has 0 amide bonds. The molecule has 0 spiro atoms. The van der Waals surface area contributed by atoms with Gasteiger partial charge in [0, 0.05) is 17.1 Å². The zero-order valence-corrected chi connectivity index (χ0v) is 15.4. The molecular formula is C20H16FN5O3. The number of benzene rings is 1. The van der Waals surface area contributed by atoms with Gasteiger partial charge >= 0.3 is 0 Å². The summed E-state index contributed by atoms with van der Waals surface area (Å²) in [6.07, 6.45) is 4.81. The lowest BCUT2D eigenvalue weighted by Crippen LogP contribution is -2.12. The average Bonchev–Trinajstić information content (AvgIpc) is 3.27. The SMILES string of the molecule is CCO/N=C/c1cnc2ccc(OC(c3ccc(F)cn3)c3nnco3)cc2c1. The minimum atomic E-state index is -0.786. The van der Waals surface area contributed by atoms with Gasteiger partial charge in [0.1, 0.15) is 18.2 Å². The summed E-state index contributed by atoms with van der Waals surface area (Å²) >= 11 is 0. The van der Waals surface area contributed by atoms with E-state index < -0.39 is 11.9 Å². The Labute approximate surface area is 165 Å². The monoisotopic (exact) mass is 393 g/mol. The van der Waals surface area contributed by atoms with Gasteiger partial charge in [-0.25, -0.2) is 4.39 Å². The van der Waals surface area contributed by atoms with E-state index in [0.29, 0.717) is 18.1 Å². The molecule has 8 nitrogen and oxygen atoms in total. The number of ether oxygens (including phenoxy) is 1. The highest BCUT2D eigenvalue weighted by atomic mass is 19.1. The van der Waals surface area contributed by atoms with E-state index in [0.717, 1.165) is 22.7 Å². The Balaban J connectivity index is 1.65. The molecule has 3 heterocycles. The van der Waals surface area contributed by atoms with E-state index in [9.17, 15) is 4.39 Å². The summed E-state index contributed by atoms with van der Waals surface area (Å²) < 4.78 is 24.6. The zero-order chi connectivity index (χ0) is 20.1. The van der Waals surface area contributed by atoms with Crippen LogP contribution in [0.25, 0.3) is 10.9 Å². The summed E-state index contributed by atoms with van der Waals surface area (Å²) in [4.78, 5) is 13.5. The van der Waals surface area contributed by atoms with Crippen molar-refractivity contribution in [3.8, 4) is 5.75 Å². The van der Waals surface area contributed by atoms with Gasteiger partial charge < -0.3 is 14.0 Å². The molecule has 0 aliphatic rings. The van der Waals surface area contributed by atoms with Crippen LogP contribution in [0.4, 0.5) is 4.39 Å². The minimum absolute atomic E-state index is 0.208. The molecule has 0 saturated heterocycles. The van der Waals surface area contributed by atoms with Crippen molar-refractivity contribution >= 4 is 17.1 Å². The highest BCUT2D eigenvalue weighted by Crippen LogP contribution is 2.28. The number of fused-ring (bicyclic) bond motifs is 1. The summed E-state index contributed by atoms with van der Waals surface area (Å²) in [6.45, 7) is 2.35. The van der Waals surface area contributed by atoms with Crippen molar-refractivity contribution in [2.75, 3.05) is 6.61 Å². The molecule has 1 unspecified atom stereocenters. The topological polar surface area (TPSA) is 95.5 Å². The van der Waals surface area contributed by atoms with Crippen LogP contribution in [0.1, 0.15) is 30.2 Å². The van der Waals surface area contributed by atoms with Crippen molar-refractivity contribution in [2.24, 2.45) is 5.16 Å². The molecule has 4 aromatic rings. The molecule has 0 radical (unpaired) electrons. The summed E-state index contributed by atoms with van der Waals surface area (Å²) in [6, 6.07) is 10.1. The minimum Gasteiger partial charge on any atom is -0.474 e. The Kier molecular flexibility index (Phi) is 5.37. The van der Waals surface area contributed by atoms with E-state index in [2.05, 4.69) is 25.3 Å². The maximum absolute atomic E-state index is 13.3. The van der Waals surface area contributed by atoms with Crippen LogP contribution in [-0.4, -0.2) is 33.0 Å². The fraction of sp³-hybridized carbons (Fsp3) is 0.150. The van der Waals surface area contributed by atoms with Crippen LogP contribution in [0.15, 0.2) is 64.8 Å². The van der Waals surface area contributed by atoms with Gasteiger partial charge in [-0.1, -0.05) is 5.16 Å². The summed E-state index contributed by atoms with van der Waals surface area (Å²) in [5.41, 5.74) is 2.02. The Bertz CT molecular complexity index is 1120. The predicted molar refractivity (Wildman–Crippen MR) is 102 cm³/mol. The van der Waals surface area contributed by atoms with E-state index in [1.165, 1.54) is 18.5 Å². The van der Waals surface area contributed by atoms with Crippen LogP contribution in [0, 0.1) is 5.82 Å². The number of hydrogen-bond donors (Lipinski definition) is 0. The maximum atomic E-state index is 13.3. The number of oxime groups is 1. The van der Waals surface area contributed by atoms with Crippen LogP contribution in [0.2, 0.25) is 0 Å². The third-order valence-corrected chi connectivity index (χ3v) is 3.95. The fourth-order valence-electron chi connectivity index (χ4n) is 2.65. The first kappa shape index (κ1) is 18.5. The molecule has 0 bridgehead atoms. The third-order valence-electron chi connectivity index (χ3n) is 3.95. The molecule has 4 rings (SSSR count). The van der Waals surface area contributed by atoms with E-state index in [1.54, 1.807) is 18.5 Å². The van der Waals surface area contributed by atoms with Crippen molar-refractivity contribution in [1.82, 2.24) is 20.2 Å². The lowest BCUT2D eigenvalue weighted by atomic mass is 10.1. The van der Waals surface area contributed by atoms with E-state index in [-0.39, 0.29) is 5.89 Å². The van der Waals surface area contributed by atoms with Gasteiger partial charge in [-0.3, -0.25) is 9.97 Å². The fourth-order valence-corrected chi connectivity index (χ4v) is 2.65. The average molecular weight is 393 g/mol. The Morgan fingerprint density at radius 2 is 2.10 bits per heavy atom. The summed E-state index contributed by atoms with van der Waals surface area (Å²) in [7, 11) is 0. The third kappa shape index (κ3) is 4.34. The molecular weight excluding hydrogens is 377 g/mol. The van der Waals surface area contributed by atoms with Crippen molar-refractivity contribution < 1.29 is 18.4 Å². The first-order valence-electron chi connectivity index (χ1n) is 8.82. The van der Waals surface area contributed by atoms with Gasteiger partial charge in [0.05, 0.1) is 23.6 Å². The molecule has 3 aromatic heterocycles. The van der Waals surface area contributed by atoms with Crippen LogP contribution in [0.3, 0.4) is 0 Å². The molecule has 29 heavy (non-hydrogen) atoms. The van der Waals surface area contributed by atoms with Gasteiger partial charge in [0.15, 0.2) is 0 Å². The zero-order valence-electron chi connectivity index (χ0n) is 15.4. The number of hydrogen-bond acceptors (Lipinski definition) is 8. The van der Waals surface area contributed by atoms with Crippen LogP contribution in [0.5, 0.6) is 5.75 Å². The van der Waals surface area contributed by atoms with E-state index in [1.807, 2.05) is 25.1 Å². The van der Waals surface area contributed by atoms with E-state index >= 15 is 0 Å². The molecule has 0 fully saturated rings. The quantitative estimate of drug-likeness (QED) is 0.349. The molecule has 1 aromatic carbocycles. The van der Waals surface area contributed by atoms with Gasteiger partial charge in [-0.2, -0.15) is 0 Å². The maximum Gasteiger partial charge on any atom is 0.263 e. The molecule has 0 aliphatic carbocycles. The second-order valence-corrected chi connectivity index (χ2v) is 5.95. The van der Waals surface area contributed by atoms with E-state index in [4.69, 9.17) is 14.0 Å². The molecule has 0 saturated carbocycles. The van der Waals surface area contributed by atoms with Gasteiger partial charge in [0.2, 0.25) is 12.5 Å². The molecule has 0 aliphatic heterocycles. The molecule has 1 atom stereocenters. The van der Waals surface area contributed by atoms with Gasteiger partial charge in [0.25, 0.3) is 5.89 Å². The van der Waals surface area contributed by atoms with Crippen LogP contribution in [-0.2, 0) is 4.84 Å². The first-order chi connectivity index (χ1) is 14.2. The Morgan fingerprint density at radius 3 is 2.86 bits per heavy atom. The standard InChI is InChI=1S/C20H16FN5O3/c1-2-28-25-10-13-7-14-8-16(4-6-17(14)22-9-13)29-19(20-26-24-12-27-20)18-5-3-15(21)11-23-18/h3-12,19H,2H2,1H3/b25-10+. The van der Waals surface area contributed by atoms with Crippen LogP contribution < -0.4 is 4.74 Å². The number of nitrogens with zero attached hydrogens (tertiary/aromatic N) is 5. The van der Waals surface area contributed by atoms with Crippen molar-refractivity contribution in [1.29, 1.82) is 0 Å². The molecule has 0 N–H and O–H groups in total. The van der Waals surface area contributed by atoms with Crippen molar-refractivity contribution in [3.05, 3.63) is 78.2 Å². The summed E-state index contributed by atoms with van der Waals surface area (Å²) in [5, 5.41) is 12.3. The van der Waals surface area contributed by atoms with Gasteiger partial charge in [-0.05, 0) is 43.3 Å². The van der Waals surface area contributed by atoms with Crippen LogP contribution >= 0.6 is 0 Å². The number of pyridine rings is 2. The second-order valence-electron chi connectivity index (χ2n) is 5.95. The predicted octanol–water partition coefficient (Wildman–Crippen LogP) is 3.69. The highest BCUT2D eigenvalue weighted by Gasteiger charge is 2.23. The number of rotatable bonds is 7. The number of halogens is 1. The number of aromatic nitrogens is 4. The Hall–Kier alpha value is -3.88. The second kappa shape index (κ2) is 8.42. The normalized spacial score (nSPS) is 12.3. The van der Waals surface area contributed by atoms with Crippen molar-refractivity contribution in [3.63, 3.8) is 0 Å².